The lowest BCUT2D eigenvalue weighted by Gasteiger charge is -1.82. The largest absolute Gasteiger partial charge is 0.397 e. The lowest BCUT2D eigenvalue weighted by Crippen LogP contribution is -2.02. The highest BCUT2D eigenvalue weighted by Gasteiger charge is 1.81. The molecule has 0 aliphatic rings. The Morgan fingerprint density at radius 3 is 2.43 bits per heavy atom. The fourth-order valence-corrected chi connectivity index (χ4v) is 0.430. The van der Waals surface area contributed by atoms with E-state index in [1.165, 1.54) is 4.68 Å². The Bertz CT molecular complexity index is 139. The first-order valence-corrected chi connectivity index (χ1v) is 1.97. The number of hydrogen-bond acceptors (Lipinski definition) is 2. The summed E-state index contributed by atoms with van der Waals surface area (Å²) < 4.78 is 1.41. The standard InChI is InChI=1S/C4H7N3/c5-4-1-2-7(6)3-4/h1-3H,5-6H2. The molecule has 4 N–H and O–H groups in total. The Morgan fingerprint density at radius 1 is 1.57 bits per heavy atom. The molecule has 0 atom stereocenters. The quantitative estimate of drug-likeness (QED) is 0.440. The van der Waals surface area contributed by atoms with Crippen molar-refractivity contribution in [2.24, 2.45) is 0 Å². The fraction of sp³-hybridized carbons (Fsp3) is 0. The highest BCUT2D eigenvalue weighted by molar-refractivity contribution is 5.34. The molecule has 1 heterocycles. The molecule has 0 saturated heterocycles. The lowest BCUT2D eigenvalue weighted by atomic mass is 10.6. The molecule has 0 aliphatic heterocycles. The van der Waals surface area contributed by atoms with Crippen molar-refractivity contribution in [3.05, 3.63) is 18.5 Å². The highest BCUT2D eigenvalue weighted by Crippen LogP contribution is 1.95. The smallest absolute Gasteiger partial charge is 0.0515 e. The molecule has 0 radical (unpaired) electrons. The van der Waals surface area contributed by atoms with Crippen LogP contribution < -0.4 is 11.6 Å². The van der Waals surface area contributed by atoms with Crippen molar-refractivity contribution >= 4 is 5.69 Å². The van der Waals surface area contributed by atoms with Gasteiger partial charge < -0.3 is 11.6 Å². The highest BCUT2D eigenvalue weighted by atomic mass is 15.3. The van der Waals surface area contributed by atoms with E-state index in [-0.39, 0.29) is 0 Å². The molecular weight excluding hydrogens is 90.1 g/mol. The van der Waals surface area contributed by atoms with Crippen LogP contribution in [0.4, 0.5) is 5.69 Å². The van der Waals surface area contributed by atoms with Crippen molar-refractivity contribution in [3.63, 3.8) is 0 Å². The first kappa shape index (κ1) is 4.05. The van der Waals surface area contributed by atoms with Gasteiger partial charge in [-0.2, -0.15) is 0 Å². The van der Waals surface area contributed by atoms with Gasteiger partial charge >= 0.3 is 0 Å². The van der Waals surface area contributed by atoms with Crippen molar-refractivity contribution in [2.45, 2.75) is 0 Å². The van der Waals surface area contributed by atoms with Crippen molar-refractivity contribution in [2.75, 3.05) is 11.6 Å². The summed E-state index contributed by atoms with van der Waals surface area (Å²) in [6.07, 6.45) is 3.33. The minimum absolute atomic E-state index is 0.697. The number of nitrogens with two attached hydrogens (primary N) is 2. The van der Waals surface area contributed by atoms with Crippen molar-refractivity contribution in [1.82, 2.24) is 4.68 Å². The van der Waals surface area contributed by atoms with E-state index in [1.807, 2.05) is 0 Å². The summed E-state index contributed by atoms with van der Waals surface area (Å²) in [6.45, 7) is 0. The molecule has 1 rings (SSSR count). The van der Waals surface area contributed by atoms with E-state index in [1.54, 1.807) is 18.5 Å². The van der Waals surface area contributed by atoms with E-state index >= 15 is 0 Å². The molecule has 0 aliphatic carbocycles. The van der Waals surface area contributed by atoms with Gasteiger partial charge in [-0.3, -0.25) is 4.68 Å². The summed E-state index contributed by atoms with van der Waals surface area (Å²) in [6, 6.07) is 1.74. The van der Waals surface area contributed by atoms with Gasteiger partial charge in [-0.15, -0.1) is 0 Å². The Hall–Kier alpha value is -1.12. The van der Waals surface area contributed by atoms with Crippen LogP contribution >= 0.6 is 0 Å². The molecule has 0 saturated carbocycles. The second-order valence-corrected chi connectivity index (χ2v) is 1.39. The number of nitrogen functional groups attached to an aromatic ring is 2. The number of nitrogens with zero attached hydrogens (tertiary/aromatic N) is 1. The Kier molecular flexibility index (Phi) is 0.685. The number of rotatable bonds is 0. The molecule has 38 valence electrons. The molecule has 1 aromatic rings. The van der Waals surface area contributed by atoms with Gasteiger partial charge in [0.1, 0.15) is 0 Å². The van der Waals surface area contributed by atoms with E-state index in [9.17, 15) is 0 Å². The molecule has 0 aromatic carbocycles. The summed E-state index contributed by atoms with van der Waals surface area (Å²) in [5.41, 5.74) is 5.97. The van der Waals surface area contributed by atoms with Crippen LogP contribution in [0.2, 0.25) is 0 Å². The van der Waals surface area contributed by atoms with Gasteiger partial charge in [-0.1, -0.05) is 0 Å². The van der Waals surface area contributed by atoms with E-state index in [2.05, 4.69) is 0 Å². The minimum atomic E-state index is 0.697. The molecular formula is C4H7N3. The van der Waals surface area contributed by atoms with Gasteiger partial charge in [0.05, 0.1) is 5.69 Å². The van der Waals surface area contributed by atoms with Gasteiger partial charge in [0.2, 0.25) is 0 Å². The predicted molar refractivity (Wildman–Crippen MR) is 29.0 cm³/mol. The summed E-state index contributed by atoms with van der Waals surface area (Å²) in [4.78, 5) is 0. The second-order valence-electron chi connectivity index (χ2n) is 1.39. The van der Waals surface area contributed by atoms with E-state index < -0.39 is 0 Å². The van der Waals surface area contributed by atoms with Gasteiger partial charge in [-0.05, 0) is 6.07 Å². The molecule has 1 aromatic heterocycles. The monoisotopic (exact) mass is 97.1 g/mol. The van der Waals surface area contributed by atoms with E-state index in [0.29, 0.717) is 5.69 Å². The first-order valence-electron chi connectivity index (χ1n) is 1.97. The number of anilines is 1. The van der Waals surface area contributed by atoms with Crippen LogP contribution in [0, 0.1) is 0 Å². The Labute approximate surface area is 41.5 Å². The molecule has 3 nitrogen and oxygen atoms in total. The van der Waals surface area contributed by atoms with Gasteiger partial charge in [0.15, 0.2) is 0 Å². The zero-order chi connectivity index (χ0) is 5.28. The van der Waals surface area contributed by atoms with Crippen LogP contribution in [-0.2, 0) is 0 Å². The molecule has 0 bridgehead atoms. The molecule has 0 fully saturated rings. The van der Waals surface area contributed by atoms with Crippen LogP contribution in [0.1, 0.15) is 0 Å². The van der Waals surface area contributed by atoms with Crippen LogP contribution in [0.5, 0.6) is 0 Å². The van der Waals surface area contributed by atoms with Gasteiger partial charge in [-0.25, -0.2) is 0 Å². The van der Waals surface area contributed by atoms with Crippen LogP contribution in [0.3, 0.4) is 0 Å². The third-order valence-corrected chi connectivity index (χ3v) is 0.737. The van der Waals surface area contributed by atoms with Crippen LogP contribution in [-0.4, -0.2) is 4.68 Å². The molecule has 3 heteroatoms. The number of aromatic nitrogens is 1. The average molecular weight is 97.1 g/mol. The first-order chi connectivity index (χ1) is 3.29. The zero-order valence-corrected chi connectivity index (χ0v) is 3.83. The SMILES string of the molecule is Nc1ccn(N)c1. The summed E-state index contributed by atoms with van der Waals surface area (Å²) in [7, 11) is 0. The normalized spacial score (nSPS) is 9.14. The van der Waals surface area contributed by atoms with Gasteiger partial charge in [0, 0.05) is 12.4 Å². The van der Waals surface area contributed by atoms with Crippen LogP contribution in [0.25, 0.3) is 0 Å². The average Bonchev–Trinajstić information content (AvgIpc) is 1.87. The van der Waals surface area contributed by atoms with Crippen LogP contribution in [0.15, 0.2) is 18.5 Å². The molecule has 0 spiro atoms. The molecule has 0 unspecified atom stereocenters. The zero-order valence-electron chi connectivity index (χ0n) is 3.83. The summed E-state index contributed by atoms with van der Waals surface area (Å²) in [5.74, 6) is 5.22. The lowest BCUT2D eigenvalue weighted by molar-refractivity contribution is 1.02. The topological polar surface area (TPSA) is 57.0 Å². The third kappa shape index (κ3) is 0.652. The van der Waals surface area contributed by atoms with Crippen molar-refractivity contribution in [1.29, 1.82) is 0 Å². The van der Waals surface area contributed by atoms with Crippen molar-refractivity contribution < 1.29 is 0 Å². The summed E-state index contributed by atoms with van der Waals surface area (Å²) >= 11 is 0. The fourth-order valence-electron chi connectivity index (χ4n) is 0.430. The van der Waals surface area contributed by atoms with E-state index in [0.717, 1.165) is 0 Å². The maximum absolute atomic E-state index is 5.28. The van der Waals surface area contributed by atoms with Crippen molar-refractivity contribution in [3.8, 4) is 0 Å². The third-order valence-electron chi connectivity index (χ3n) is 0.737. The minimum Gasteiger partial charge on any atom is -0.397 e. The summed E-state index contributed by atoms with van der Waals surface area (Å²) in [5, 5.41) is 0. The maximum Gasteiger partial charge on any atom is 0.0515 e. The Balaban J connectivity index is 3.04. The van der Waals surface area contributed by atoms with Gasteiger partial charge in [0.25, 0.3) is 0 Å². The Morgan fingerprint density at radius 2 is 2.29 bits per heavy atom. The second kappa shape index (κ2) is 1.18. The molecule has 7 heavy (non-hydrogen) atoms. The predicted octanol–water partition coefficient (Wildman–Crippen LogP) is -0.216. The van der Waals surface area contributed by atoms with E-state index in [4.69, 9.17) is 11.6 Å². The maximum atomic E-state index is 5.28. The molecule has 0 amide bonds. The number of hydrogen-bond donors (Lipinski definition) is 2.